The van der Waals surface area contributed by atoms with Crippen molar-refractivity contribution >= 4 is 11.8 Å². The molecule has 1 atom stereocenters. The van der Waals surface area contributed by atoms with E-state index in [0.717, 1.165) is 56.2 Å². The van der Waals surface area contributed by atoms with E-state index in [0.29, 0.717) is 30.9 Å². The van der Waals surface area contributed by atoms with Gasteiger partial charge in [0.2, 0.25) is 11.8 Å². The highest BCUT2D eigenvalue weighted by molar-refractivity contribution is 5.91. The van der Waals surface area contributed by atoms with E-state index in [1.165, 1.54) is 0 Å². The molecule has 2 fully saturated rings. The van der Waals surface area contributed by atoms with E-state index in [1.807, 2.05) is 23.1 Å². The molecule has 0 spiro atoms. The lowest BCUT2D eigenvalue weighted by Crippen LogP contribution is -2.55. The van der Waals surface area contributed by atoms with Gasteiger partial charge in [0.25, 0.3) is 0 Å². The lowest BCUT2D eigenvalue weighted by Gasteiger charge is -2.48. The summed E-state index contributed by atoms with van der Waals surface area (Å²) < 4.78 is 10.9. The molecule has 30 heavy (non-hydrogen) atoms. The summed E-state index contributed by atoms with van der Waals surface area (Å²) in [6.45, 7) is 0.367. The first kappa shape index (κ1) is 20.8. The predicted molar refractivity (Wildman–Crippen MR) is 114 cm³/mol. The standard InChI is InChI=1S/C24H32N2O4/c1-29-19-11-7-8-17(22(19)30-2)16-25-23(28)24-14-6-5-12-20(24)26(21(27)13-15-24)18-9-3-4-10-18/h7-8,11-12,18H,3-6,9-10,13-16H2,1-2H3,(H,25,28). The van der Waals surface area contributed by atoms with Crippen molar-refractivity contribution in [3.8, 4) is 11.5 Å². The Labute approximate surface area is 178 Å². The quantitative estimate of drug-likeness (QED) is 0.769. The van der Waals surface area contributed by atoms with Crippen LogP contribution in [0.2, 0.25) is 0 Å². The summed E-state index contributed by atoms with van der Waals surface area (Å²) in [6, 6.07) is 5.94. The zero-order chi connectivity index (χ0) is 21.1. The van der Waals surface area contributed by atoms with Crippen LogP contribution in [0, 0.1) is 5.41 Å². The van der Waals surface area contributed by atoms with Gasteiger partial charge in [0.05, 0.1) is 19.6 Å². The first-order valence-electron chi connectivity index (χ1n) is 11.1. The summed E-state index contributed by atoms with van der Waals surface area (Å²) in [5.74, 6) is 1.50. The minimum atomic E-state index is -0.596. The van der Waals surface area contributed by atoms with Gasteiger partial charge in [-0.3, -0.25) is 9.59 Å². The molecule has 1 saturated heterocycles. The monoisotopic (exact) mass is 412 g/mol. The maximum Gasteiger partial charge on any atom is 0.232 e. The number of amides is 2. The Bertz CT molecular complexity index is 844. The van der Waals surface area contributed by atoms with E-state index in [4.69, 9.17) is 9.47 Å². The van der Waals surface area contributed by atoms with Crippen LogP contribution >= 0.6 is 0 Å². The van der Waals surface area contributed by atoms with Crippen molar-refractivity contribution in [2.75, 3.05) is 14.2 Å². The molecule has 6 nitrogen and oxygen atoms in total. The lowest BCUT2D eigenvalue weighted by atomic mass is 9.68. The Hall–Kier alpha value is -2.50. The van der Waals surface area contributed by atoms with E-state index in [2.05, 4.69) is 11.4 Å². The van der Waals surface area contributed by atoms with Gasteiger partial charge in [-0.1, -0.05) is 31.1 Å². The summed E-state index contributed by atoms with van der Waals surface area (Å²) in [6.07, 6.45) is 10.3. The highest BCUT2D eigenvalue weighted by atomic mass is 16.5. The largest absolute Gasteiger partial charge is 0.493 e. The van der Waals surface area contributed by atoms with E-state index in [9.17, 15) is 9.59 Å². The Balaban J connectivity index is 1.57. The molecule has 3 aliphatic rings. The zero-order valence-electron chi connectivity index (χ0n) is 18.0. The second kappa shape index (κ2) is 8.70. The number of ether oxygens (including phenoxy) is 2. The number of nitrogens with zero attached hydrogens (tertiary/aromatic N) is 1. The summed E-state index contributed by atoms with van der Waals surface area (Å²) in [5, 5.41) is 3.16. The Morgan fingerprint density at radius 3 is 2.70 bits per heavy atom. The van der Waals surface area contributed by atoms with Gasteiger partial charge in [0.15, 0.2) is 11.5 Å². The Kier molecular flexibility index (Phi) is 6.02. The molecular formula is C24H32N2O4. The number of hydrogen-bond donors (Lipinski definition) is 1. The summed E-state index contributed by atoms with van der Waals surface area (Å²) in [5.41, 5.74) is 1.25. The van der Waals surface area contributed by atoms with Crippen molar-refractivity contribution in [1.82, 2.24) is 10.2 Å². The molecule has 1 aromatic carbocycles. The predicted octanol–water partition coefficient (Wildman–Crippen LogP) is 3.94. The summed E-state index contributed by atoms with van der Waals surface area (Å²) >= 11 is 0. The van der Waals surface area contributed by atoms with Crippen LogP contribution < -0.4 is 14.8 Å². The third-order valence-electron chi connectivity index (χ3n) is 6.98. The fourth-order valence-corrected chi connectivity index (χ4v) is 5.47. The van der Waals surface area contributed by atoms with Crippen molar-refractivity contribution in [2.24, 2.45) is 5.41 Å². The van der Waals surface area contributed by atoms with Crippen LogP contribution in [0.1, 0.15) is 63.4 Å². The molecule has 1 unspecified atom stereocenters. The van der Waals surface area contributed by atoms with Crippen molar-refractivity contribution in [2.45, 2.75) is 70.4 Å². The van der Waals surface area contributed by atoms with Crippen LogP contribution in [-0.2, 0) is 16.1 Å². The topological polar surface area (TPSA) is 67.9 Å². The number of benzene rings is 1. The van der Waals surface area contributed by atoms with Gasteiger partial charge in [-0.25, -0.2) is 0 Å². The molecule has 1 N–H and O–H groups in total. The minimum absolute atomic E-state index is 0.0221. The number of carbonyl (C=O) groups is 2. The molecule has 0 radical (unpaired) electrons. The van der Waals surface area contributed by atoms with Crippen LogP contribution in [0.5, 0.6) is 11.5 Å². The van der Waals surface area contributed by atoms with Gasteiger partial charge < -0.3 is 19.7 Å². The number of allylic oxidation sites excluding steroid dienone is 1. The second-order valence-electron chi connectivity index (χ2n) is 8.60. The molecule has 4 rings (SSSR count). The SMILES string of the molecule is COc1cccc(CNC(=O)C23CCCC=C2N(C2CCCC2)C(=O)CC3)c1OC. The number of para-hydroxylation sites is 1. The maximum atomic E-state index is 13.6. The van der Waals surface area contributed by atoms with Crippen LogP contribution in [0.25, 0.3) is 0 Å². The molecule has 1 saturated carbocycles. The van der Waals surface area contributed by atoms with E-state index in [-0.39, 0.29) is 17.9 Å². The highest BCUT2D eigenvalue weighted by Crippen LogP contribution is 2.49. The Morgan fingerprint density at radius 2 is 1.97 bits per heavy atom. The van der Waals surface area contributed by atoms with E-state index in [1.54, 1.807) is 14.2 Å². The average molecular weight is 413 g/mol. The van der Waals surface area contributed by atoms with Gasteiger partial charge >= 0.3 is 0 Å². The highest BCUT2D eigenvalue weighted by Gasteiger charge is 2.51. The van der Waals surface area contributed by atoms with Crippen LogP contribution in [0.3, 0.4) is 0 Å². The first-order chi connectivity index (χ1) is 14.6. The fourth-order valence-electron chi connectivity index (χ4n) is 5.47. The van der Waals surface area contributed by atoms with Gasteiger partial charge in [0.1, 0.15) is 0 Å². The van der Waals surface area contributed by atoms with Crippen LogP contribution in [0.4, 0.5) is 0 Å². The first-order valence-corrected chi connectivity index (χ1v) is 11.1. The number of piperidine rings is 1. The molecule has 1 aromatic rings. The van der Waals surface area contributed by atoms with E-state index >= 15 is 0 Å². The number of fused-ring (bicyclic) bond motifs is 1. The fraction of sp³-hybridized carbons (Fsp3) is 0.583. The number of nitrogens with one attached hydrogen (secondary N) is 1. The van der Waals surface area contributed by atoms with Crippen LogP contribution in [0.15, 0.2) is 30.0 Å². The third-order valence-corrected chi connectivity index (χ3v) is 6.98. The molecule has 1 aliphatic heterocycles. The van der Waals surface area contributed by atoms with Crippen molar-refractivity contribution in [1.29, 1.82) is 0 Å². The molecule has 162 valence electrons. The van der Waals surface area contributed by atoms with Crippen molar-refractivity contribution < 1.29 is 19.1 Å². The number of hydrogen-bond acceptors (Lipinski definition) is 4. The molecule has 2 amide bonds. The number of rotatable bonds is 6. The van der Waals surface area contributed by atoms with Crippen LogP contribution in [-0.4, -0.2) is 37.0 Å². The maximum absolute atomic E-state index is 13.6. The molecule has 0 aromatic heterocycles. The van der Waals surface area contributed by atoms with Crippen molar-refractivity contribution in [3.05, 3.63) is 35.5 Å². The number of carbonyl (C=O) groups excluding carboxylic acids is 2. The second-order valence-corrected chi connectivity index (χ2v) is 8.60. The molecule has 1 heterocycles. The normalized spacial score (nSPS) is 24.3. The molecular weight excluding hydrogens is 380 g/mol. The number of likely N-dealkylation sites (tertiary alicyclic amines) is 1. The molecule has 2 aliphatic carbocycles. The zero-order valence-corrected chi connectivity index (χ0v) is 18.0. The summed E-state index contributed by atoms with van der Waals surface area (Å²) in [7, 11) is 3.21. The number of methoxy groups -OCH3 is 2. The van der Waals surface area contributed by atoms with Gasteiger partial charge in [-0.15, -0.1) is 0 Å². The third kappa shape index (κ3) is 3.57. The van der Waals surface area contributed by atoms with E-state index < -0.39 is 5.41 Å². The average Bonchev–Trinajstić information content (AvgIpc) is 3.31. The lowest BCUT2D eigenvalue weighted by molar-refractivity contribution is -0.142. The van der Waals surface area contributed by atoms with Gasteiger partial charge in [-0.05, 0) is 44.6 Å². The van der Waals surface area contributed by atoms with Gasteiger partial charge in [-0.2, -0.15) is 0 Å². The summed E-state index contributed by atoms with van der Waals surface area (Å²) in [4.78, 5) is 28.4. The smallest absolute Gasteiger partial charge is 0.232 e. The van der Waals surface area contributed by atoms with Crippen molar-refractivity contribution in [3.63, 3.8) is 0 Å². The Morgan fingerprint density at radius 1 is 1.17 bits per heavy atom. The minimum Gasteiger partial charge on any atom is -0.493 e. The molecule has 6 heteroatoms. The molecule has 0 bridgehead atoms. The van der Waals surface area contributed by atoms with Gasteiger partial charge in [0, 0.05) is 30.3 Å².